The zero-order chi connectivity index (χ0) is 25.1. The van der Waals surface area contributed by atoms with Crippen LogP contribution in [0.3, 0.4) is 0 Å². The van der Waals surface area contributed by atoms with Gasteiger partial charge in [-0.3, -0.25) is 4.79 Å². The Morgan fingerprint density at radius 3 is 2.18 bits per heavy atom. The van der Waals surface area contributed by atoms with Gasteiger partial charge in [-0.15, -0.1) is 5.06 Å². The number of rotatable bonds is 9. The molecule has 0 aliphatic rings. The van der Waals surface area contributed by atoms with Crippen molar-refractivity contribution in [1.29, 1.82) is 0 Å². The van der Waals surface area contributed by atoms with Crippen LogP contribution < -0.4 is 9.90 Å². The second kappa shape index (κ2) is 10.6. The molecular weight excluding hydrogens is 457 g/mol. The summed E-state index contributed by atoms with van der Waals surface area (Å²) in [5.74, 6) is 0.0410. The van der Waals surface area contributed by atoms with Gasteiger partial charge >= 0.3 is 0 Å². The van der Waals surface area contributed by atoms with Gasteiger partial charge in [0.25, 0.3) is 5.91 Å². The topological polar surface area (TPSA) is 49.8 Å². The number of hydroxylamine groups is 1. The Hall–Kier alpha value is -1.91. The molecule has 0 unspecified atom stereocenters. The second-order valence-electron chi connectivity index (χ2n) is 9.88. The Labute approximate surface area is 208 Å². The van der Waals surface area contributed by atoms with Crippen molar-refractivity contribution in [3.05, 3.63) is 51.0 Å². The van der Waals surface area contributed by atoms with Gasteiger partial charge in [-0.05, 0) is 60.3 Å². The van der Waals surface area contributed by atoms with E-state index in [-0.39, 0.29) is 39.6 Å². The number of aromatic hydroxyl groups is 1. The van der Waals surface area contributed by atoms with Crippen LogP contribution in [0.2, 0.25) is 10.0 Å². The lowest BCUT2D eigenvalue weighted by atomic mass is 9.76. The Morgan fingerprint density at radius 2 is 1.64 bits per heavy atom. The van der Waals surface area contributed by atoms with Crippen LogP contribution in [-0.2, 0) is 15.6 Å². The third-order valence-electron chi connectivity index (χ3n) is 6.76. The van der Waals surface area contributed by atoms with E-state index in [0.717, 1.165) is 23.5 Å². The third-order valence-corrected chi connectivity index (χ3v) is 7.61. The van der Waals surface area contributed by atoms with Crippen molar-refractivity contribution < 1.29 is 14.7 Å². The Bertz CT molecular complexity index is 1010. The molecule has 2 aromatic carbocycles. The van der Waals surface area contributed by atoms with Crippen LogP contribution >= 0.6 is 23.2 Å². The first kappa shape index (κ1) is 27.3. The van der Waals surface area contributed by atoms with E-state index >= 15 is 0 Å². The first-order valence-corrected chi connectivity index (χ1v) is 12.4. The summed E-state index contributed by atoms with van der Waals surface area (Å²) < 4.78 is 0. The predicted molar refractivity (Wildman–Crippen MR) is 139 cm³/mol. The fourth-order valence-electron chi connectivity index (χ4n) is 3.45. The minimum absolute atomic E-state index is 0.00505. The summed E-state index contributed by atoms with van der Waals surface area (Å²) in [6.07, 6.45) is 2.75. The molecule has 0 saturated carbocycles. The van der Waals surface area contributed by atoms with Crippen molar-refractivity contribution in [1.82, 2.24) is 0 Å². The summed E-state index contributed by atoms with van der Waals surface area (Å²) >= 11 is 12.6. The molecule has 0 aliphatic heterocycles. The summed E-state index contributed by atoms with van der Waals surface area (Å²) in [7, 11) is 0. The summed E-state index contributed by atoms with van der Waals surface area (Å²) in [5.41, 5.74) is 2.70. The number of anilines is 1. The summed E-state index contributed by atoms with van der Waals surface area (Å²) in [4.78, 5) is 19.4. The van der Waals surface area contributed by atoms with Crippen molar-refractivity contribution in [2.75, 3.05) is 5.06 Å². The zero-order valence-corrected chi connectivity index (χ0v) is 22.6. The van der Waals surface area contributed by atoms with Gasteiger partial charge in [0.1, 0.15) is 5.69 Å². The molecule has 6 heteroatoms. The molecule has 2 aromatic rings. The predicted octanol–water partition coefficient (Wildman–Crippen LogP) is 8.51. The Balaban J connectivity index is 2.70. The van der Waals surface area contributed by atoms with Gasteiger partial charge in [0.15, 0.2) is 11.5 Å². The number of nitrogens with zero attached hydrogens (tertiary/aromatic N) is 1. The van der Waals surface area contributed by atoms with Crippen LogP contribution in [0, 0.1) is 6.92 Å². The third kappa shape index (κ3) is 5.78. The van der Waals surface area contributed by atoms with E-state index in [9.17, 15) is 9.90 Å². The van der Waals surface area contributed by atoms with Crippen LogP contribution in [0.4, 0.5) is 5.69 Å². The van der Waals surface area contributed by atoms with Crippen molar-refractivity contribution in [2.45, 2.75) is 91.9 Å². The van der Waals surface area contributed by atoms with Gasteiger partial charge in [-0.25, -0.2) is 0 Å². The van der Waals surface area contributed by atoms with Crippen molar-refractivity contribution in [2.24, 2.45) is 0 Å². The molecule has 182 valence electrons. The van der Waals surface area contributed by atoms with Gasteiger partial charge < -0.3 is 9.94 Å². The SMILES string of the molecule is CCCC(=O)N(Oc1ccc(C(C)(C)CC)cc1C(C)(C)CC)c1cc(Cl)c(C)c(Cl)c1O. The van der Waals surface area contributed by atoms with Crippen LogP contribution in [0.25, 0.3) is 0 Å². The summed E-state index contributed by atoms with van der Waals surface area (Å²) in [5, 5.41) is 12.3. The molecule has 0 radical (unpaired) electrons. The van der Waals surface area contributed by atoms with Gasteiger partial charge in [-0.2, -0.15) is 0 Å². The number of phenols is 1. The average Bonchev–Trinajstić information content (AvgIpc) is 2.78. The van der Waals surface area contributed by atoms with Crippen molar-refractivity contribution >= 4 is 34.8 Å². The molecule has 0 bridgehead atoms. The lowest BCUT2D eigenvalue weighted by Gasteiger charge is -2.32. The number of halogens is 2. The molecule has 1 N–H and O–H groups in total. The molecule has 0 atom stereocenters. The smallest absolute Gasteiger partial charge is 0.260 e. The van der Waals surface area contributed by atoms with Gasteiger partial charge in [-0.1, -0.05) is 83.8 Å². The van der Waals surface area contributed by atoms with Crippen molar-refractivity contribution in [3.8, 4) is 11.5 Å². The van der Waals surface area contributed by atoms with E-state index in [2.05, 4.69) is 47.6 Å². The van der Waals surface area contributed by atoms with Crippen molar-refractivity contribution in [3.63, 3.8) is 0 Å². The minimum atomic E-state index is -0.290. The molecule has 0 aliphatic carbocycles. The molecule has 0 aromatic heterocycles. The standard InChI is InChI=1S/C27H37Cl2NO3/c1-9-12-23(31)30(21-16-20(28)17(4)24(29)25(21)32)33-22-14-13-18(26(5,6)10-2)15-19(22)27(7,8)11-3/h13-16,32H,9-12H2,1-8H3. The summed E-state index contributed by atoms with van der Waals surface area (Å²) in [6, 6.07) is 7.66. The number of amides is 1. The number of benzene rings is 2. The van der Waals surface area contributed by atoms with E-state index in [4.69, 9.17) is 28.0 Å². The molecule has 2 rings (SSSR count). The first-order chi connectivity index (χ1) is 15.3. The highest BCUT2D eigenvalue weighted by atomic mass is 35.5. The molecule has 4 nitrogen and oxygen atoms in total. The van der Waals surface area contributed by atoms with Crippen LogP contribution in [-0.4, -0.2) is 11.0 Å². The molecule has 0 spiro atoms. The lowest BCUT2D eigenvalue weighted by Crippen LogP contribution is -2.35. The molecule has 33 heavy (non-hydrogen) atoms. The molecular formula is C27H37Cl2NO3. The quantitative estimate of drug-likeness (QED) is 0.356. The number of carbonyl (C=O) groups is 1. The number of hydrogen-bond acceptors (Lipinski definition) is 3. The number of phenolic OH excluding ortho intramolecular Hbond substituents is 1. The van der Waals surface area contributed by atoms with E-state index in [0.29, 0.717) is 22.8 Å². The lowest BCUT2D eigenvalue weighted by molar-refractivity contribution is -0.122. The Morgan fingerprint density at radius 1 is 1.03 bits per heavy atom. The van der Waals surface area contributed by atoms with E-state index < -0.39 is 0 Å². The Kier molecular flexibility index (Phi) is 8.75. The largest absolute Gasteiger partial charge is 0.504 e. The fourth-order valence-corrected chi connectivity index (χ4v) is 3.89. The molecule has 1 amide bonds. The molecule has 0 fully saturated rings. The van der Waals surface area contributed by atoms with E-state index in [1.807, 2.05) is 19.1 Å². The monoisotopic (exact) mass is 493 g/mol. The maximum atomic E-state index is 13.1. The minimum Gasteiger partial charge on any atom is -0.504 e. The average molecular weight is 495 g/mol. The van der Waals surface area contributed by atoms with Crippen LogP contribution in [0.5, 0.6) is 11.5 Å². The summed E-state index contributed by atoms with van der Waals surface area (Å²) in [6.45, 7) is 16.7. The number of carbonyl (C=O) groups excluding carboxylic acids is 1. The second-order valence-corrected chi connectivity index (χ2v) is 10.7. The van der Waals surface area contributed by atoms with E-state index in [1.54, 1.807) is 6.92 Å². The zero-order valence-electron chi connectivity index (χ0n) is 21.1. The highest BCUT2D eigenvalue weighted by Gasteiger charge is 2.30. The molecule has 0 saturated heterocycles. The highest BCUT2D eigenvalue weighted by Crippen LogP contribution is 2.43. The van der Waals surface area contributed by atoms with Gasteiger partial charge in [0, 0.05) is 17.0 Å². The van der Waals surface area contributed by atoms with E-state index in [1.165, 1.54) is 11.6 Å². The van der Waals surface area contributed by atoms with Gasteiger partial charge in [0.2, 0.25) is 0 Å². The first-order valence-electron chi connectivity index (χ1n) is 11.6. The van der Waals surface area contributed by atoms with Crippen LogP contribution in [0.1, 0.15) is 90.8 Å². The maximum absolute atomic E-state index is 13.1. The highest BCUT2D eigenvalue weighted by molar-refractivity contribution is 6.37. The fraction of sp³-hybridized carbons (Fsp3) is 0.519. The normalized spacial score (nSPS) is 12.1. The van der Waals surface area contributed by atoms with Crippen LogP contribution in [0.15, 0.2) is 24.3 Å². The van der Waals surface area contributed by atoms with Gasteiger partial charge in [0.05, 0.1) is 5.02 Å². The number of hydrogen-bond donors (Lipinski definition) is 1. The molecule has 0 heterocycles. The maximum Gasteiger partial charge on any atom is 0.260 e.